The summed E-state index contributed by atoms with van der Waals surface area (Å²) in [5.41, 5.74) is -3.18. The van der Waals surface area contributed by atoms with E-state index in [2.05, 4.69) is 35.1 Å². The highest BCUT2D eigenvalue weighted by Crippen LogP contribution is 2.65. The Labute approximate surface area is 298 Å². The number of urea groups is 1. The van der Waals surface area contributed by atoms with Crippen molar-refractivity contribution >= 4 is 39.4 Å². The molecule has 4 saturated carbocycles. The lowest BCUT2D eigenvalue weighted by atomic mass is 9.83. The summed E-state index contributed by atoms with van der Waals surface area (Å²) in [4.78, 5) is 70.6. The molecule has 0 aromatic rings. The molecule has 5 amide bonds. The number of piperidine rings is 1. The van der Waals surface area contributed by atoms with E-state index in [9.17, 15) is 32.4 Å². The molecule has 0 bridgehead atoms. The van der Waals surface area contributed by atoms with Gasteiger partial charge in [0.1, 0.15) is 17.6 Å². The first kappa shape index (κ1) is 38.5. The van der Waals surface area contributed by atoms with Crippen molar-refractivity contribution < 1.29 is 32.4 Å². The van der Waals surface area contributed by atoms with E-state index in [0.717, 1.165) is 32.1 Å². The third-order valence-corrected chi connectivity index (χ3v) is 15.3. The Morgan fingerprint density at radius 2 is 1.54 bits per heavy atom. The van der Waals surface area contributed by atoms with Crippen LogP contribution in [0.15, 0.2) is 0 Å². The van der Waals surface area contributed by atoms with Crippen LogP contribution in [0.3, 0.4) is 0 Å². The van der Waals surface area contributed by atoms with Gasteiger partial charge in [0, 0.05) is 13.1 Å². The van der Waals surface area contributed by atoms with Crippen molar-refractivity contribution in [3.05, 3.63) is 0 Å². The van der Waals surface area contributed by atoms with E-state index in [4.69, 9.17) is 0 Å². The fourth-order valence-electron chi connectivity index (χ4n) is 8.60. The van der Waals surface area contributed by atoms with Crippen LogP contribution < -0.4 is 21.3 Å². The molecule has 282 valence electrons. The Balaban J connectivity index is 1.34. The zero-order valence-corrected chi connectivity index (χ0v) is 32.5. The number of amides is 5. The summed E-state index contributed by atoms with van der Waals surface area (Å²) in [6.07, 6.45) is 6.64. The van der Waals surface area contributed by atoms with E-state index in [0.29, 0.717) is 44.7 Å². The molecule has 50 heavy (non-hydrogen) atoms. The molecule has 0 aromatic carbocycles. The number of nitrogens with one attached hydrogen (secondary N) is 4. The number of carbonyl (C=O) groups excluding carboxylic acids is 5. The normalized spacial score (nSPS) is 30.4. The van der Waals surface area contributed by atoms with Gasteiger partial charge in [0.25, 0.3) is 5.91 Å². The number of likely N-dealkylation sites (tertiary alicyclic amines) is 1. The number of Topliss-reactive ketones (excluding diaryl/α,β-unsaturated/α-hetero) is 1. The second-order valence-electron chi connectivity index (χ2n) is 18.8. The molecular weight excluding hydrogens is 659 g/mol. The second kappa shape index (κ2) is 13.1. The van der Waals surface area contributed by atoms with E-state index in [-0.39, 0.29) is 28.9 Å². The summed E-state index contributed by atoms with van der Waals surface area (Å²) in [6, 6.07) is -2.50. The van der Waals surface area contributed by atoms with Crippen molar-refractivity contribution in [2.24, 2.45) is 34.5 Å². The van der Waals surface area contributed by atoms with Gasteiger partial charge in [-0.1, -0.05) is 67.2 Å². The molecule has 0 aromatic heterocycles. The number of hydrogen-bond donors (Lipinski definition) is 4. The molecular formula is C37H61N5O7S. The second-order valence-corrected chi connectivity index (χ2v) is 21.5. The Morgan fingerprint density at radius 1 is 0.920 bits per heavy atom. The fraction of sp³-hybridized carbons (Fsp3) is 0.865. The molecule has 4 N–H and O–H groups in total. The molecule has 0 spiro atoms. The third-order valence-electron chi connectivity index (χ3n) is 12.5. The van der Waals surface area contributed by atoms with Crippen molar-refractivity contribution in [2.45, 2.75) is 148 Å². The lowest BCUT2D eigenvalue weighted by molar-refractivity contribution is -0.145. The van der Waals surface area contributed by atoms with Crippen molar-refractivity contribution in [3.63, 3.8) is 0 Å². The van der Waals surface area contributed by atoms with Crippen molar-refractivity contribution in [1.29, 1.82) is 0 Å². The van der Waals surface area contributed by atoms with Gasteiger partial charge in [-0.3, -0.25) is 19.2 Å². The van der Waals surface area contributed by atoms with Gasteiger partial charge < -0.3 is 26.2 Å². The van der Waals surface area contributed by atoms with Crippen molar-refractivity contribution in [1.82, 2.24) is 26.2 Å². The maximum Gasteiger partial charge on any atom is 0.315 e. The number of rotatable bonds is 12. The summed E-state index contributed by atoms with van der Waals surface area (Å²) in [7, 11) is -3.56. The first-order valence-electron chi connectivity index (χ1n) is 18.8. The Morgan fingerprint density at radius 3 is 2.06 bits per heavy atom. The molecule has 5 aliphatic rings. The largest absolute Gasteiger partial charge is 0.349 e. The molecule has 0 unspecified atom stereocenters. The average molecular weight is 720 g/mol. The van der Waals surface area contributed by atoms with E-state index >= 15 is 0 Å². The lowest BCUT2D eigenvalue weighted by Gasteiger charge is -2.41. The minimum Gasteiger partial charge on any atom is -0.349 e. The van der Waals surface area contributed by atoms with Gasteiger partial charge in [-0.2, -0.15) is 0 Å². The highest BCUT2D eigenvalue weighted by Gasteiger charge is 2.71. The third kappa shape index (κ3) is 7.44. The van der Waals surface area contributed by atoms with Gasteiger partial charge in [-0.25, -0.2) is 13.2 Å². The predicted molar refractivity (Wildman–Crippen MR) is 191 cm³/mol. The number of carbonyl (C=O) groups is 5. The summed E-state index contributed by atoms with van der Waals surface area (Å²) in [5, 5.41) is 11.7. The first-order chi connectivity index (χ1) is 23.0. The quantitative estimate of drug-likeness (QED) is 0.224. The van der Waals surface area contributed by atoms with Gasteiger partial charge in [0.15, 0.2) is 9.84 Å². The number of nitrogens with zero attached hydrogens (tertiary/aromatic N) is 1. The minimum atomic E-state index is -3.56. The van der Waals surface area contributed by atoms with E-state index in [1.165, 1.54) is 0 Å². The topological polar surface area (TPSA) is 171 Å². The SMILES string of the molecule is CC[C@@H]1C[C@@]1(NC(=O)[C@@H]1[C@@H]2[C@H](CN1C(=O)[C@@H](NC(=O)NC1(CS(=O)(=O)C(C)(C)C)CCCCC1)C(C)(C)C)C2(C)C)C(=O)C(=O)NCC1CC1. The number of ketones is 1. The van der Waals surface area contributed by atoms with Crippen LogP contribution in [0.25, 0.3) is 0 Å². The highest BCUT2D eigenvalue weighted by atomic mass is 32.2. The van der Waals surface area contributed by atoms with Crippen LogP contribution in [-0.4, -0.2) is 89.6 Å². The standard InChI is InChI=1S/C37H61N5O7S/c1-10-23-18-37(23,28(43)30(45)38-19-22-14-15-22)40-29(44)26-25-24(35(25,8)9)20-42(26)31(46)27(33(2,3)4)39-32(47)41-36(16-12-11-13-17-36)21-50(48,49)34(5,6)7/h22-27H,10-21H2,1-9H3,(H,38,45)(H,40,44)(H2,39,41,47)/t23-,24+,25+,26+,27-,37+/m1/s1. The van der Waals surface area contributed by atoms with Crippen LogP contribution in [0.2, 0.25) is 0 Å². The molecule has 1 heterocycles. The average Bonchev–Trinajstić information content (AvgIpc) is 3.96. The summed E-state index contributed by atoms with van der Waals surface area (Å²) < 4.78 is 25.7. The van der Waals surface area contributed by atoms with Crippen LogP contribution in [0, 0.1) is 34.5 Å². The zero-order chi connectivity index (χ0) is 37.2. The van der Waals surface area contributed by atoms with Crippen molar-refractivity contribution in [2.75, 3.05) is 18.8 Å². The molecule has 1 saturated heterocycles. The molecule has 12 nitrogen and oxygen atoms in total. The molecule has 13 heteroatoms. The van der Waals surface area contributed by atoms with Gasteiger partial charge in [-0.15, -0.1) is 0 Å². The molecule has 5 rings (SSSR count). The Kier molecular flexibility index (Phi) is 10.1. The van der Waals surface area contributed by atoms with Gasteiger partial charge >= 0.3 is 6.03 Å². The van der Waals surface area contributed by atoms with Crippen LogP contribution >= 0.6 is 0 Å². The fourth-order valence-corrected chi connectivity index (χ4v) is 10.1. The molecule has 1 aliphatic heterocycles. The minimum absolute atomic E-state index is 0.0689. The summed E-state index contributed by atoms with van der Waals surface area (Å²) >= 11 is 0. The van der Waals surface area contributed by atoms with E-state index < -0.39 is 72.7 Å². The summed E-state index contributed by atoms with van der Waals surface area (Å²) in [5.74, 6) is -2.16. The Hall–Kier alpha value is -2.70. The number of hydrogen-bond acceptors (Lipinski definition) is 7. The predicted octanol–water partition coefficient (Wildman–Crippen LogP) is 3.48. The van der Waals surface area contributed by atoms with Gasteiger partial charge in [0.05, 0.1) is 16.0 Å². The lowest BCUT2D eigenvalue weighted by Crippen LogP contribution is -2.64. The van der Waals surface area contributed by atoms with Gasteiger partial charge in [0.2, 0.25) is 17.6 Å². The van der Waals surface area contributed by atoms with Crippen LogP contribution in [-0.2, 0) is 29.0 Å². The molecule has 0 radical (unpaired) electrons. The molecule has 4 aliphatic carbocycles. The smallest absolute Gasteiger partial charge is 0.315 e. The number of sulfone groups is 1. The van der Waals surface area contributed by atoms with E-state index in [1.807, 2.05) is 27.7 Å². The van der Waals surface area contributed by atoms with Crippen LogP contribution in [0.4, 0.5) is 4.79 Å². The van der Waals surface area contributed by atoms with Crippen LogP contribution in [0.5, 0.6) is 0 Å². The maximum atomic E-state index is 14.5. The van der Waals surface area contributed by atoms with Crippen molar-refractivity contribution in [3.8, 4) is 0 Å². The Bertz CT molecular complexity index is 1500. The first-order valence-corrected chi connectivity index (χ1v) is 20.4. The summed E-state index contributed by atoms with van der Waals surface area (Å²) in [6.45, 7) is 17.4. The van der Waals surface area contributed by atoms with Gasteiger partial charge in [-0.05, 0) is 87.4 Å². The monoisotopic (exact) mass is 719 g/mol. The molecule has 5 fully saturated rings. The number of fused-ring (bicyclic) bond motifs is 1. The molecule has 6 atom stereocenters. The van der Waals surface area contributed by atoms with Crippen LogP contribution in [0.1, 0.15) is 120 Å². The zero-order valence-electron chi connectivity index (χ0n) is 31.7. The maximum absolute atomic E-state index is 14.5. The van der Waals surface area contributed by atoms with E-state index in [1.54, 1.807) is 25.7 Å². The highest BCUT2D eigenvalue weighted by molar-refractivity contribution is 7.92.